The molecule has 0 fully saturated rings. The fourth-order valence-corrected chi connectivity index (χ4v) is 2.30. The number of halogens is 1. The summed E-state index contributed by atoms with van der Waals surface area (Å²) in [5, 5.41) is 0. The maximum atomic E-state index is 13.4. The Labute approximate surface area is 120 Å². The van der Waals surface area contributed by atoms with E-state index in [4.69, 9.17) is 4.74 Å². The van der Waals surface area contributed by atoms with Crippen LogP contribution in [0.15, 0.2) is 36.4 Å². The van der Waals surface area contributed by atoms with Gasteiger partial charge >= 0.3 is 0 Å². The van der Waals surface area contributed by atoms with Crippen LogP contribution in [0, 0.1) is 12.7 Å². The van der Waals surface area contributed by atoms with Crippen LogP contribution >= 0.6 is 0 Å². The molecule has 0 atom stereocenters. The molecule has 0 spiro atoms. The highest BCUT2D eigenvalue weighted by Crippen LogP contribution is 2.35. The molecule has 0 bridgehead atoms. The van der Waals surface area contributed by atoms with Gasteiger partial charge in [-0.05, 0) is 53.3 Å². The van der Waals surface area contributed by atoms with Crippen LogP contribution in [0.3, 0.4) is 0 Å². The molecule has 2 rings (SSSR count). The second kappa shape index (κ2) is 5.28. The lowest BCUT2D eigenvalue weighted by molar-refractivity contribution is 0.397. The van der Waals surface area contributed by atoms with Gasteiger partial charge < -0.3 is 4.74 Å². The van der Waals surface area contributed by atoms with E-state index in [0.29, 0.717) is 5.56 Å². The Bertz CT molecular complexity index is 624. The Morgan fingerprint density at radius 3 is 2.10 bits per heavy atom. The van der Waals surface area contributed by atoms with E-state index in [-0.39, 0.29) is 11.2 Å². The summed E-state index contributed by atoms with van der Waals surface area (Å²) in [7, 11) is 1.69. The number of aryl methyl sites for hydroxylation is 1. The Balaban J connectivity index is 2.55. The first-order valence-corrected chi connectivity index (χ1v) is 6.78. The lowest BCUT2D eigenvalue weighted by Gasteiger charge is -2.23. The smallest absolute Gasteiger partial charge is 0.126 e. The van der Waals surface area contributed by atoms with E-state index in [1.807, 2.05) is 24.3 Å². The third kappa shape index (κ3) is 2.84. The minimum absolute atomic E-state index is 0.00354. The van der Waals surface area contributed by atoms with Gasteiger partial charge in [0.1, 0.15) is 11.6 Å². The fourth-order valence-electron chi connectivity index (χ4n) is 2.30. The molecule has 0 saturated carbocycles. The molecule has 2 aromatic carbocycles. The molecular weight excluding hydrogens is 251 g/mol. The van der Waals surface area contributed by atoms with Crippen molar-refractivity contribution in [3.63, 3.8) is 0 Å². The molecule has 0 radical (unpaired) electrons. The molecule has 0 saturated heterocycles. The highest BCUT2D eigenvalue weighted by Gasteiger charge is 2.19. The first-order valence-electron chi connectivity index (χ1n) is 6.78. The van der Waals surface area contributed by atoms with Crippen LogP contribution in [0.25, 0.3) is 11.1 Å². The summed E-state index contributed by atoms with van der Waals surface area (Å²) in [6.45, 7) is 8.26. The lowest BCUT2D eigenvalue weighted by atomic mass is 9.84. The van der Waals surface area contributed by atoms with Crippen molar-refractivity contribution in [2.75, 3.05) is 7.11 Å². The lowest BCUT2D eigenvalue weighted by Crippen LogP contribution is -2.12. The van der Waals surface area contributed by atoms with Gasteiger partial charge in [0.25, 0.3) is 0 Å². The molecule has 2 heteroatoms. The standard InChI is InChI=1S/C18H21FO/c1-12-10-13(6-8-16(12)19)14-7-9-17(20-5)15(11-14)18(2,3)4/h6-11H,1-5H3. The van der Waals surface area contributed by atoms with E-state index in [1.165, 1.54) is 6.07 Å². The SMILES string of the molecule is COc1ccc(-c2ccc(F)c(C)c2)cc1C(C)(C)C. The second-order valence-corrected chi connectivity index (χ2v) is 6.13. The molecule has 0 heterocycles. The zero-order valence-corrected chi connectivity index (χ0v) is 12.8. The third-order valence-electron chi connectivity index (χ3n) is 3.50. The zero-order chi connectivity index (χ0) is 14.9. The van der Waals surface area contributed by atoms with Gasteiger partial charge in [0.05, 0.1) is 7.11 Å². The molecule has 0 N–H and O–H groups in total. The second-order valence-electron chi connectivity index (χ2n) is 6.13. The first kappa shape index (κ1) is 14.6. The van der Waals surface area contributed by atoms with Gasteiger partial charge in [0.2, 0.25) is 0 Å². The monoisotopic (exact) mass is 272 g/mol. The molecule has 0 aliphatic heterocycles. The molecule has 2 aromatic rings. The number of rotatable bonds is 2. The summed E-state index contributed by atoms with van der Waals surface area (Å²) < 4.78 is 18.8. The number of hydrogen-bond acceptors (Lipinski definition) is 1. The maximum absolute atomic E-state index is 13.4. The van der Waals surface area contributed by atoms with Crippen molar-refractivity contribution >= 4 is 0 Å². The van der Waals surface area contributed by atoms with E-state index in [0.717, 1.165) is 22.4 Å². The number of methoxy groups -OCH3 is 1. The van der Waals surface area contributed by atoms with Crippen LogP contribution in [-0.4, -0.2) is 7.11 Å². The van der Waals surface area contributed by atoms with Gasteiger partial charge in [-0.1, -0.05) is 32.9 Å². The van der Waals surface area contributed by atoms with Crippen LogP contribution in [0.4, 0.5) is 4.39 Å². The summed E-state index contributed by atoms with van der Waals surface area (Å²) in [4.78, 5) is 0. The Morgan fingerprint density at radius 2 is 1.55 bits per heavy atom. The van der Waals surface area contributed by atoms with Gasteiger partial charge in [-0.25, -0.2) is 4.39 Å². The van der Waals surface area contributed by atoms with E-state index in [2.05, 4.69) is 26.8 Å². The Hall–Kier alpha value is -1.83. The van der Waals surface area contributed by atoms with Crippen molar-refractivity contribution in [3.8, 4) is 16.9 Å². The summed E-state index contributed by atoms with van der Waals surface area (Å²) in [6, 6.07) is 11.3. The predicted octanol–water partition coefficient (Wildman–Crippen LogP) is 5.11. The van der Waals surface area contributed by atoms with Crippen molar-refractivity contribution in [1.29, 1.82) is 0 Å². The maximum Gasteiger partial charge on any atom is 0.126 e. The highest BCUT2D eigenvalue weighted by atomic mass is 19.1. The number of ether oxygens (including phenoxy) is 1. The minimum atomic E-state index is -0.168. The quantitative estimate of drug-likeness (QED) is 0.738. The zero-order valence-electron chi connectivity index (χ0n) is 12.8. The molecule has 0 amide bonds. The van der Waals surface area contributed by atoms with Crippen LogP contribution < -0.4 is 4.74 Å². The molecule has 0 aliphatic rings. The largest absolute Gasteiger partial charge is 0.496 e. The molecule has 106 valence electrons. The molecule has 20 heavy (non-hydrogen) atoms. The molecule has 0 aromatic heterocycles. The van der Waals surface area contributed by atoms with Crippen molar-refractivity contribution < 1.29 is 9.13 Å². The van der Waals surface area contributed by atoms with Gasteiger partial charge in [-0.3, -0.25) is 0 Å². The van der Waals surface area contributed by atoms with Crippen molar-refractivity contribution in [2.45, 2.75) is 33.1 Å². The van der Waals surface area contributed by atoms with E-state index >= 15 is 0 Å². The van der Waals surface area contributed by atoms with Gasteiger partial charge in [0.15, 0.2) is 0 Å². The highest BCUT2D eigenvalue weighted by molar-refractivity contribution is 5.67. The average Bonchev–Trinajstić information content (AvgIpc) is 2.40. The van der Waals surface area contributed by atoms with Gasteiger partial charge in [-0.2, -0.15) is 0 Å². The summed E-state index contributed by atoms with van der Waals surface area (Å²) in [5.74, 6) is 0.721. The Morgan fingerprint density at radius 1 is 0.950 bits per heavy atom. The number of benzene rings is 2. The van der Waals surface area contributed by atoms with Gasteiger partial charge in [-0.15, -0.1) is 0 Å². The summed E-state index contributed by atoms with van der Waals surface area (Å²) in [5.41, 5.74) is 3.92. The molecule has 0 aliphatic carbocycles. The van der Waals surface area contributed by atoms with Crippen molar-refractivity contribution in [1.82, 2.24) is 0 Å². The van der Waals surface area contributed by atoms with E-state index in [9.17, 15) is 4.39 Å². The summed E-state index contributed by atoms with van der Waals surface area (Å²) in [6.07, 6.45) is 0. The van der Waals surface area contributed by atoms with Crippen LogP contribution in [0.1, 0.15) is 31.9 Å². The van der Waals surface area contributed by atoms with E-state index < -0.39 is 0 Å². The average molecular weight is 272 g/mol. The fraction of sp³-hybridized carbons (Fsp3) is 0.333. The van der Waals surface area contributed by atoms with Crippen LogP contribution in [-0.2, 0) is 5.41 Å². The minimum Gasteiger partial charge on any atom is -0.496 e. The summed E-state index contributed by atoms with van der Waals surface area (Å²) >= 11 is 0. The third-order valence-corrected chi connectivity index (χ3v) is 3.50. The Kier molecular flexibility index (Phi) is 3.85. The van der Waals surface area contributed by atoms with Crippen LogP contribution in [0.2, 0.25) is 0 Å². The molecular formula is C18H21FO. The first-order chi connectivity index (χ1) is 9.32. The van der Waals surface area contributed by atoms with Crippen molar-refractivity contribution in [3.05, 3.63) is 53.3 Å². The predicted molar refractivity (Wildman–Crippen MR) is 81.8 cm³/mol. The van der Waals surface area contributed by atoms with Gasteiger partial charge in [0, 0.05) is 5.56 Å². The number of hydrogen-bond donors (Lipinski definition) is 0. The normalized spacial score (nSPS) is 11.5. The molecule has 1 nitrogen and oxygen atoms in total. The van der Waals surface area contributed by atoms with E-state index in [1.54, 1.807) is 14.0 Å². The molecule has 0 unspecified atom stereocenters. The topological polar surface area (TPSA) is 9.23 Å². The van der Waals surface area contributed by atoms with Crippen molar-refractivity contribution in [2.24, 2.45) is 0 Å². The van der Waals surface area contributed by atoms with Crippen LogP contribution in [0.5, 0.6) is 5.75 Å².